The summed E-state index contributed by atoms with van der Waals surface area (Å²) in [5.41, 5.74) is 2.23. The van der Waals surface area contributed by atoms with Gasteiger partial charge in [-0.25, -0.2) is 18.4 Å². The molecule has 0 atom stereocenters. The van der Waals surface area contributed by atoms with E-state index in [1.165, 1.54) is 6.07 Å². The zero-order valence-corrected chi connectivity index (χ0v) is 12.0. The predicted octanol–water partition coefficient (Wildman–Crippen LogP) is 3.10. The molecule has 0 radical (unpaired) electrons. The molecule has 0 aromatic carbocycles. The Kier molecular flexibility index (Phi) is 3.19. The van der Waals surface area contributed by atoms with E-state index in [9.17, 15) is 8.78 Å². The second-order valence-corrected chi connectivity index (χ2v) is 4.90. The zero-order valence-electron chi connectivity index (χ0n) is 12.0. The first-order chi connectivity index (χ1) is 10.0. The van der Waals surface area contributed by atoms with Gasteiger partial charge in [0.25, 0.3) is 6.43 Å². The van der Waals surface area contributed by atoms with E-state index in [0.717, 1.165) is 0 Å². The maximum absolute atomic E-state index is 13.4. The summed E-state index contributed by atoms with van der Waals surface area (Å²) < 4.78 is 30.1. The lowest BCUT2D eigenvalue weighted by atomic mass is 10.1. The molecule has 0 aliphatic carbocycles. The van der Waals surface area contributed by atoms with Crippen LogP contribution in [0, 0.1) is 6.92 Å². The van der Waals surface area contributed by atoms with Crippen LogP contribution in [-0.2, 0) is 13.6 Å². The van der Waals surface area contributed by atoms with Crippen molar-refractivity contribution in [2.24, 2.45) is 7.05 Å². The molecule has 3 aromatic heterocycles. The number of rotatable bonds is 3. The summed E-state index contributed by atoms with van der Waals surface area (Å²) in [6.07, 6.45) is 0.797. The van der Waals surface area contributed by atoms with Gasteiger partial charge in [-0.05, 0) is 19.9 Å². The van der Waals surface area contributed by atoms with Crippen molar-refractivity contribution >= 4 is 11.0 Å². The van der Waals surface area contributed by atoms with Crippen LogP contribution in [0.25, 0.3) is 22.3 Å². The van der Waals surface area contributed by atoms with Gasteiger partial charge in [-0.2, -0.15) is 10.2 Å². The molecule has 3 heterocycles. The largest absolute Gasteiger partial charge is 0.275 e. The van der Waals surface area contributed by atoms with Crippen LogP contribution in [0.3, 0.4) is 0 Å². The van der Waals surface area contributed by atoms with Crippen LogP contribution in [0.5, 0.6) is 0 Å². The van der Waals surface area contributed by atoms with Crippen LogP contribution >= 0.6 is 0 Å². The van der Waals surface area contributed by atoms with Crippen LogP contribution in [-0.4, -0.2) is 24.5 Å². The first kappa shape index (κ1) is 13.7. The van der Waals surface area contributed by atoms with Gasteiger partial charge in [-0.1, -0.05) is 0 Å². The molecule has 0 amide bonds. The number of aryl methyl sites for hydroxylation is 3. The molecule has 5 nitrogen and oxygen atoms in total. The van der Waals surface area contributed by atoms with Crippen LogP contribution in [0.2, 0.25) is 0 Å². The Morgan fingerprint density at radius 2 is 2.10 bits per heavy atom. The topological polar surface area (TPSA) is 48.5 Å². The maximum Gasteiger partial charge on any atom is 0.264 e. The van der Waals surface area contributed by atoms with Crippen molar-refractivity contribution in [1.82, 2.24) is 24.5 Å². The minimum Gasteiger partial charge on any atom is -0.275 e. The van der Waals surface area contributed by atoms with E-state index in [2.05, 4.69) is 15.2 Å². The van der Waals surface area contributed by atoms with E-state index in [4.69, 9.17) is 0 Å². The van der Waals surface area contributed by atoms with Crippen molar-refractivity contribution < 1.29 is 8.78 Å². The number of aromatic nitrogens is 5. The van der Waals surface area contributed by atoms with E-state index in [0.29, 0.717) is 34.5 Å². The van der Waals surface area contributed by atoms with Crippen LogP contribution < -0.4 is 0 Å². The van der Waals surface area contributed by atoms with Gasteiger partial charge in [0.15, 0.2) is 5.65 Å². The number of nitrogens with zero attached hydrogens (tertiary/aromatic N) is 5. The number of fused-ring (bicyclic) bond motifs is 1. The van der Waals surface area contributed by atoms with Crippen molar-refractivity contribution in [2.45, 2.75) is 26.8 Å². The summed E-state index contributed by atoms with van der Waals surface area (Å²) in [6.45, 7) is 4.22. The van der Waals surface area contributed by atoms with E-state index in [1.54, 1.807) is 35.7 Å². The van der Waals surface area contributed by atoms with Gasteiger partial charge in [-0.3, -0.25) is 4.68 Å². The molecule has 0 unspecified atom stereocenters. The molecule has 0 saturated carbocycles. The number of alkyl halides is 2. The molecule has 3 aromatic rings. The fourth-order valence-electron chi connectivity index (χ4n) is 2.48. The lowest BCUT2D eigenvalue weighted by molar-refractivity contribution is 0.153. The minimum atomic E-state index is -2.57. The van der Waals surface area contributed by atoms with Gasteiger partial charge >= 0.3 is 0 Å². The van der Waals surface area contributed by atoms with Gasteiger partial charge in [0, 0.05) is 30.9 Å². The Hall–Kier alpha value is -2.31. The Balaban J connectivity index is 2.33. The second-order valence-electron chi connectivity index (χ2n) is 4.90. The minimum absolute atomic E-state index is 0.0314. The normalized spacial score (nSPS) is 11.7. The van der Waals surface area contributed by atoms with Crippen molar-refractivity contribution in [1.29, 1.82) is 0 Å². The summed E-state index contributed by atoms with van der Waals surface area (Å²) in [6, 6.07) is 1.43. The molecule has 0 aliphatic rings. The fourth-order valence-corrected chi connectivity index (χ4v) is 2.48. The SMILES string of the molecule is CCn1nc(C)c2c(C(F)F)cc(-c3cnn(C)c3)nc21. The highest BCUT2D eigenvalue weighted by Crippen LogP contribution is 2.32. The molecule has 0 N–H and O–H groups in total. The molecule has 0 saturated heterocycles. The van der Waals surface area contributed by atoms with Crippen LogP contribution in [0.1, 0.15) is 24.6 Å². The molecule has 21 heavy (non-hydrogen) atoms. The van der Waals surface area contributed by atoms with Gasteiger partial charge in [-0.15, -0.1) is 0 Å². The number of halogens is 2. The third kappa shape index (κ3) is 2.18. The van der Waals surface area contributed by atoms with Crippen molar-refractivity contribution in [3.63, 3.8) is 0 Å². The number of hydrogen-bond acceptors (Lipinski definition) is 3. The van der Waals surface area contributed by atoms with Crippen molar-refractivity contribution in [3.8, 4) is 11.3 Å². The van der Waals surface area contributed by atoms with E-state index in [-0.39, 0.29) is 5.56 Å². The van der Waals surface area contributed by atoms with Gasteiger partial charge in [0.2, 0.25) is 0 Å². The summed E-state index contributed by atoms with van der Waals surface area (Å²) in [4.78, 5) is 4.51. The predicted molar refractivity (Wildman–Crippen MR) is 75.1 cm³/mol. The Labute approximate surface area is 120 Å². The fraction of sp³-hybridized carbons (Fsp3) is 0.357. The Morgan fingerprint density at radius 1 is 1.33 bits per heavy atom. The molecular formula is C14H15F2N5. The van der Waals surface area contributed by atoms with Crippen molar-refractivity contribution in [2.75, 3.05) is 0 Å². The number of pyridine rings is 1. The smallest absolute Gasteiger partial charge is 0.264 e. The Morgan fingerprint density at radius 3 is 2.67 bits per heavy atom. The highest BCUT2D eigenvalue weighted by Gasteiger charge is 2.20. The average molecular weight is 291 g/mol. The Bertz CT molecular complexity index is 803. The van der Waals surface area contributed by atoms with Crippen molar-refractivity contribution in [3.05, 3.63) is 29.7 Å². The monoisotopic (exact) mass is 291 g/mol. The quantitative estimate of drug-likeness (QED) is 0.745. The molecule has 3 rings (SSSR count). The molecular weight excluding hydrogens is 276 g/mol. The third-order valence-corrected chi connectivity index (χ3v) is 3.44. The second kappa shape index (κ2) is 4.91. The molecule has 110 valence electrons. The number of hydrogen-bond donors (Lipinski definition) is 0. The molecule has 0 bridgehead atoms. The van der Waals surface area contributed by atoms with Crippen LogP contribution in [0.15, 0.2) is 18.5 Å². The van der Waals surface area contributed by atoms with Crippen LogP contribution in [0.4, 0.5) is 8.78 Å². The highest BCUT2D eigenvalue weighted by molar-refractivity contribution is 5.85. The standard InChI is InChI=1S/C14H15F2N5/c1-4-21-14-12(8(2)19-21)10(13(15)16)5-11(18-14)9-6-17-20(3)7-9/h5-7,13H,4H2,1-3H3. The van der Waals surface area contributed by atoms with E-state index < -0.39 is 6.43 Å². The third-order valence-electron chi connectivity index (χ3n) is 3.44. The first-order valence-electron chi connectivity index (χ1n) is 6.66. The highest BCUT2D eigenvalue weighted by atomic mass is 19.3. The summed E-state index contributed by atoms with van der Waals surface area (Å²) in [5.74, 6) is 0. The lowest BCUT2D eigenvalue weighted by Gasteiger charge is -2.06. The van der Waals surface area contributed by atoms with Gasteiger partial charge in [0.1, 0.15) is 0 Å². The van der Waals surface area contributed by atoms with Gasteiger partial charge in [0.05, 0.1) is 23.0 Å². The first-order valence-corrected chi connectivity index (χ1v) is 6.66. The molecule has 0 fully saturated rings. The summed E-state index contributed by atoms with van der Waals surface area (Å²) in [5, 5.41) is 8.80. The van der Waals surface area contributed by atoms with E-state index >= 15 is 0 Å². The molecule has 0 aliphatic heterocycles. The lowest BCUT2D eigenvalue weighted by Crippen LogP contribution is -1.99. The molecule has 0 spiro atoms. The summed E-state index contributed by atoms with van der Waals surface area (Å²) >= 11 is 0. The average Bonchev–Trinajstić information content (AvgIpc) is 3.02. The maximum atomic E-state index is 13.4. The zero-order chi connectivity index (χ0) is 15.1. The van der Waals surface area contributed by atoms with E-state index in [1.807, 2.05) is 6.92 Å². The van der Waals surface area contributed by atoms with Gasteiger partial charge < -0.3 is 0 Å². The molecule has 7 heteroatoms. The summed E-state index contributed by atoms with van der Waals surface area (Å²) in [7, 11) is 1.77.